The highest BCUT2D eigenvalue weighted by Crippen LogP contribution is 2.42. The molecule has 4 aromatic rings. The third kappa shape index (κ3) is 7.50. The van der Waals surface area contributed by atoms with Gasteiger partial charge in [0.25, 0.3) is 5.91 Å². The predicted octanol–water partition coefficient (Wildman–Crippen LogP) is 7.38. The highest BCUT2D eigenvalue weighted by Gasteiger charge is 2.39. The molecule has 0 aromatic heterocycles. The Kier molecular flexibility index (Phi) is 11.1. The van der Waals surface area contributed by atoms with E-state index in [2.05, 4.69) is 23.7 Å². The normalized spacial score (nSPS) is 19.4. The molecule has 1 aliphatic rings. The number of halogens is 5. The fourth-order valence-corrected chi connectivity index (χ4v) is 5.73. The Balaban J connectivity index is 1.37. The van der Waals surface area contributed by atoms with Gasteiger partial charge in [0.2, 0.25) is 5.82 Å². The van der Waals surface area contributed by atoms with Crippen molar-refractivity contribution in [3.05, 3.63) is 142 Å². The van der Waals surface area contributed by atoms with Crippen molar-refractivity contribution in [2.45, 2.75) is 38.6 Å². The molecule has 48 heavy (non-hydrogen) atoms. The number of aliphatic hydroxyl groups excluding tert-OH is 1. The minimum Gasteiger partial charge on any atom is -0.392 e. The highest BCUT2D eigenvalue weighted by molar-refractivity contribution is 5.94. The summed E-state index contributed by atoms with van der Waals surface area (Å²) < 4.78 is 82.0. The van der Waals surface area contributed by atoms with Crippen LogP contribution >= 0.6 is 0 Å². The summed E-state index contributed by atoms with van der Waals surface area (Å²) in [6.45, 7) is 6.93. The molecule has 0 saturated carbocycles. The van der Waals surface area contributed by atoms with Gasteiger partial charge < -0.3 is 24.8 Å². The second-order valence-corrected chi connectivity index (χ2v) is 11.8. The van der Waals surface area contributed by atoms with E-state index in [4.69, 9.17) is 9.47 Å². The first kappa shape index (κ1) is 34.9. The Morgan fingerprint density at radius 3 is 2.12 bits per heavy atom. The highest BCUT2D eigenvalue weighted by atomic mass is 19.2. The van der Waals surface area contributed by atoms with Crippen LogP contribution in [-0.2, 0) is 22.6 Å². The van der Waals surface area contributed by atoms with Gasteiger partial charge in [0.1, 0.15) is 5.56 Å². The van der Waals surface area contributed by atoms with E-state index in [0.717, 1.165) is 27.8 Å². The molecule has 1 saturated heterocycles. The van der Waals surface area contributed by atoms with E-state index < -0.39 is 46.8 Å². The molecule has 0 radical (unpaired) electrons. The van der Waals surface area contributed by atoms with Crippen LogP contribution in [0.5, 0.6) is 0 Å². The van der Waals surface area contributed by atoms with E-state index in [9.17, 15) is 31.9 Å². The average molecular weight is 667 g/mol. The average Bonchev–Trinajstić information content (AvgIpc) is 3.10. The molecule has 2 N–H and O–H groups in total. The van der Waals surface area contributed by atoms with Crippen molar-refractivity contribution in [2.24, 2.45) is 5.92 Å². The number of aliphatic hydroxyl groups is 1. The number of carbonyl (C=O) groups is 1. The number of amides is 1. The van der Waals surface area contributed by atoms with Crippen LogP contribution in [0.4, 0.5) is 22.0 Å². The number of hydrogen-bond donors (Lipinski definition) is 2. The van der Waals surface area contributed by atoms with Crippen LogP contribution in [0.2, 0.25) is 0 Å². The van der Waals surface area contributed by atoms with Crippen molar-refractivity contribution in [3.8, 4) is 11.1 Å². The van der Waals surface area contributed by atoms with Gasteiger partial charge >= 0.3 is 0 Å². The zero-order chi connectivity index (χ0) is 34.5. The van der Waals surface area contributed by atoms with E-state index >= 15 is 0 Å². The monoisotopic (exact) mass is 666 g/mol. The van der Waals surface area contributed by atoms with Gasteiger partial charge in [-0.15, -0.1) is 6.58 Å². The lowest BCUT2D eigenvalue weighted by molar-refractivity contribution is -0.275. The molecule has 11 heteroatoms. The van der Waals surface area contributed by atoms with E-state index in [1.807, 2.05) is 67.7 Å². The Labute approximate surface area is 275 Å². The maximum absolute atomic E-state index is 14.1. The van der Waals surface area contributed by atoms with Gasteiger partial charge in [-0.25, -0.2) is 22.0 Å². The molecule has 1 aliphatic heterocycles. The largest absolute Gasteiger partial charge is 0.392 e. The zero-order valence-electron chi connectivity index (χ0n) is 26.4. The van der Waals surface area contributed by atoms with Crippen LogP contribution in [0.1, 0.15) is 51.9 Å². The number of rotatable bonds is 11. The van der Waals surface area contributed by atoms with Crippen LogP contribution in [0.15, 0.2) is 85.5 Å². The first-order valence-electron chi connectivity index (χ1n) is 15.3. The molecule has 252 valence electrons. The van der Waals surface area contributed by atoms with Gasteiger partial charge in [-0.1, -0.05) is 73.7 Å². The maximum atomic E-state index is 14.1. The van der Waals surface area contributed by atoms with Crippen molar-refractivity contribution in [1.82, 2.24) is 10.2 Å². The Bertz CT molecular complexity index is 1760. The van der Waals surface area contributed by atoms with Crippen LogP contribution < -0.4 is 5.32 Å². The fraction of sp³-hybridized carbons (Fsp3) is 0.270. The molecule has 4 aromatic carbocycles. The first-order valence-corrected chi connectivity index (χ1v) is 15.3. The third-order valence-corrected chi connectivity index (χ3v) is 8.36. The first-order chi connectivity index (χ1) is 23.0. The summed E-state index contributed by atoms with van der Waals surface area (Å²) in [7, 11) is 1.99. The molecular formula is C37H35F5N2O4. The van der Waals surface area contributed by atoms with Gasteiger partial charge in [-0.3, -0.25) is 4.79 Å². The number of carbonyl (C=O) groups excluding carboxylic acids is 1. The van der Waals surface area contributed by atoms with Crippen molar-refractivity contribution in [1.29, 1.82) is 0 Å². The number of nitrogens with one attached hydrogen (secondary N) is 1. The molecule has 0 spiro atoms. The minimum absolute atomic E-state index is 0.00610. The smallest absolute Gasteiger partial charge is 0.257 e. The predicted molar refractivity (Wildman–Crippen MR) is 170 cm³/mol. The standard InChI is InChI=1S/C37H35F5N2O4/c1-4-15-44(3)19-28-21(2)35(24-13-11-22(20-45)12-14-24)48-37(47-28)27-10-6-9-26(17-27)25-8-5-7-23(16-25)18-43-36(46)29-30(38)32(40)34(42)33(41)31(29)39/h4-14,16-17,21,28,35,37,45H,1,15,18-20H2,2-3H3,(H,43,46)/t21-,28+,35+,37+/m0/s1. The van der Waals surface area contributed by atoms with Crippen LogP contribution in [-0.4, -0.2) is 42.2 Å². The molecule has 0 unspecified atom stereocenters. The summed E-state index contributed by atoms with van der Waals surface area (Å²) in [6.07, 6.45) is 0.625. The Morgan fingerprint density at radius 1 is 0.854 bits per heavy atom. The number of nitrogens with zero attached hydrogens (tertiary/aromatic N) is 1. The molecule has 0 bridgehead atoms. The van der Waals surface area contributed by atoms with E-state index in [1.54, 1.807) is 18.2 Å². The summed E-state index contributed by atoms with van der Waals surface area (Å²) in [5.41, 5.74) is 3.01. The fourth-order valence-electron chi connectivity index (χ4n) is 5.73. The Hall–Kier alpha value is -4.42. The number of ether oxygens (including phenoxy) is 2. The quantitative estimate of drug-likeness (QED) is 0.0757. The SMILES string of the molecule is C=CCN(C)C[C@H]1O[C@@H](c2cccc(-c3cccc(CNC(=O)c4c(F)c(F)c(F)c(F)c4F)c3)c2)O[C@@H](c2ccc(CO)cc2)[C@H]1C. The Morgan fingerprint density at radius 2 is 1.48 bits per heavy atom. The van der Waals surface area contributed by atoms with E-state index in [1.165, 1.54) is 0 Å². The molecule has 1 heterocycles. The summed E-state index contributed by atoms with van der Waals surface area (Å²) in [5.74, 6) is -12.6. The van der Waals surface area contributed by atoms with E-state index in [-0.39, 0.29) is 31.3 Å². The van der Waals surface area contributed by atoms with Gasteiger partial charge in [0.05, 0.1) is 18.8 Å². The van der Waals surface area contributed by atoms with Crippen LogP contribution in [0.25, 0.3) is 11.1 Å². The molecule has 5 rings (SSSR count). The lowest BCUT2D eigenvalue weighted by atomic mass is 9.90. The summed E-state index contributed by atoms with van der Waals surface area (Å²) >= 11 is 0. The lowest BCUT2D eigenvalue weighted by Gasteiger charge is -2.42. The van der Waals surface area contributed by atoms with Crippen molar-refractivity contribution < 1.29 is 41.3 Å². The molecular weight excluding hydrogens is 631 g/mol. The van der Waals surface area contributed by atoms with Crippen LogP contribution in [0.3, 0.4) is 0 Å². The zero-order valence-corrected chi connectivity index (χ0v) is 26.4. The second kappa shape index (κ2) is 15.2. The van der Waals surface area contributed by atoms with Crippen molar-refractivity contribution in [2.75, 3.05) is 20.1 Å². The molecule has 1 fully saturated rings. The summed E-state index contributed by atoms with van der Waals surface area (Å²) in [4.78, 5) is 14.6. The lowest BCUT2D eigenvalue weighted by Crippen LogP contribution is -2.43. The van der Waals surface area contributed by atoms with Crippen molar-refractivity contribution in [3.63, 3.8) is 0 Å². The summed E-state index contributed by atoms with van der Waals surface area (Å²) in [6, 6.07) is 22.1. The van der Waals surface area contributed by atoms with Gasteiger partial charge in [0, 0.05) is 31.1 Å². The number of likely N-dealkylation sites (N-methyl/N-ethyl adjacent to an activating group) is 1. The number of hydrogen-bond acceptors (Lipinski definition) is 5. The summed E-state index contributed by atoms with van der Waals surface area (Å²) in [5, 5.41) is 11.7. The van der Waals surface area contributed by atoms with E-state index in [0.29, 0.717) is 18.7 Å². The molecule has 1 amide bonds. The van der Waals surface area contributed by atoms with Crippen LogP contribution in [0, 0.1) is 35.0 Å². The van der Waals surface area contributed by atoms with Crippen molar-refractivity contribution >= 4 is 5.91 Å². The number of benzene rings is 4. The molecule has 0 aliphatic carbocycles. The third-order valence-electron chi connectivity index (χ3n) is 8.36. The molecule has 4 atom stereocenters. The van der Waals surface area contributed by atoms with Gasteiger partial charge in [-0.2, -0.15) is 0 Å². The van der Waals surface area contributed by atoms with Gasteiger partial charge in [-0.05, 0) is 47.0 Å². The minimum atomic E-state index is -2.34. The molecule has 6 nitrogen and oxygen atoms in total. The topological polar surface area (TPSA) is 71.0 Å². The maximum Gasteiger partial charge on any atom is 0.257 e. The van der Waals surface area contributed by atoms with Gasteiger partial charge in [0.15, 0.2) is 29.6 Å². The second-order valence-electron chi connectivity index (χ2n) is 11.8.